The molecule has 2 heteroatoms. The van der Waals surface area contributed by atoms with Crippen LogP contribution >= 0.6 is 0 Å². The smallest absolute Gasteiger partial charge is 0.0340 e. The Morgan fingerprint density at radius 2 is 1.70 bits per heavy atom. The second-order valence-electron chi connectivity index (χ2n) is 5.53. The summed E-state index contributed by atoms with van der Waals surface area (Å²) < 4.78 is 0. The molecule has 2 N–H and O–H groups in total. The predicted octanol–water partition coefficient (Wildman–Crippen LogP) is 3.44. The average Bonchev–Trinajstić information content (AvgIpc) is 3.01. The second kappa shape index (κ2) is 6.58. The number of rotatable bonds is 5. The molecule has 3 rings (SSSR count). The first-order valence-corrected chi connectivity index (χ1v) is 7.50. The molecule has 104 valence electrons. The van der Waals surface area contributed by atoms with Crippen molar-refractivity contribution in [2.24, 2.45) is 0 Å². The van der Waals surface area contributed by atoms with Gasteiger partial charge >= 0.3 is 0 Å². The number of hydrogen-bond acceptors (Lipinski definition) is 2. The van der Waals surface area contributed by atoms with Gasteiger partial charge in [0.15, 0.2) is 0 Å². The molecule has 0 aliphatic carbocycles. The third kappa shape index (κ3) is 3.61. The number of anilines is 1. The summed E-state index contributed by atoms with van der Waals surface area (Å²) in [4.78, 5) is 0. The van der Waals surface area contributed by atoms with Crippen molar-refractivity contribution in [3.05, 3.63) is 65.7 Å². The van der Waals surface area contributed by atoms with Crippen LogP contribution in [0.1, 0.15) is 24.0 Å². The summed E-state index contributed by atoms with van der Waals surface area (Å²) >= 11 is 0. The van der Waals surface area contributed by atoms with E-state index in [1.165, 1.54) is 36.2 Å². The molecule has 0 radical (unpaired) electrons. The zero-order valence-electron chi connectivity index (χ0n) is 11.8. The van der Waals surface area contributed by atoms with Gasteiger partial charge in [-0.1, -0.05) is 42.5 Å². The average molecular weight is 266 g/mol. The maximum absolute atomic E-state index is 3.52. The molecule has 1 aliphatic rings. The van der Waals surface area contributed by atoms with Gasteiger partial charge in [0.1, 0.15) is 0 Å². The first-order chi connectivity index (χ1) is 9.90. The lowest BCUT2D eigenvalue weighted by molar-refractivity contribution is 0.633. The van der Waals surface area contributed by atoms with Crippen LogP contribution in [0.5, 0.6) is 0 Å². The van der Waals surface area contributed by atoms with Gasteiger partial charge in [-0.15, -0.1) is 0 Å². The van der Waals surface area contributed by atoms with E-state index in [1.807, 2.05) is 0 Å². The van der Waals surface area contributed by atoms with Crippen LogP contribution < -0.4 is 10.6 Å². The molecule has 1 aliphatic heterocycles. The van der Waals surface area contributed by atoms with E-state index in [0.29, 0.717) is 6.04 Å². The third-order valence-corrected chi connectivity index (χ3v) is 3.92. The Morgan fingerprint density at radius 3 is 2.40 bits per heavy atom. The van der Waals surface area contributed by atoms with Crippen molar-refractivity contribution in [2.45, 2.75) is 25.3 Å². The van der Waals surface area contributed by atoms with Gasteiger partial charge in [0.2, 0.25) is 0 Å². The minimum absolute atomic E-state index is 0.638. The quantitative estimate of drug-likeness (QED) is 0.866. The molecule has 2 aromatic carbocycles. The Bertz CT molecular complexity index is 513. The first kappa shape index (κ1) is 13.2. The van der Waals surface area contributed by atoms with Crippen LogP contribution in [-0.4, -0.2) is 19.1 Å². The molecular formula is C18H22N2. The lowest BCUT2D eigenvalue weighted by Gasteiger charge is -2.13. The highest BCUT2D eigenvalue weighted by molar-refractivity contribution is 5.45. The molecular weight excluding hydrogens is 244 g/mol. The van der Waals surface area contributed by atoms with Crippen LogP contribution in [-0.2, 0) is 6.42 Å². The standard InChI is InChI=1S/C18H22N2/c1-2-5-15(6-3-1)13-16-8-10-17(11-9-16)20-14-18-7-4-12-19-18/h1-3,5-6,8-11,18-20H,4,7,12-14H2/t18-/m1/s1. The van der Waals surface area contributed by atoms with Gasteiger partial charge < -0.3 is 10.6 Å². The maximum Gasteiger partial charge on any atom is 0.0340 e. The Kier molecular flexibility index (Phi) is 4.34. The number of benzene rings is 2. The highest BCUT2D eigenvalue weighted by Crippen LogP contribution is 2.14. The normalized spacial score (nSPS) is 18.1. The van der Waals surface area contributed by atoms with Crippen molar-refractivity contribution in [3.63, 3.8) is 0 Å². The summed E-state index contributed by atoms with van der Waals surface area (Å²) in [6, 6.07) is 20.1. The van der Waals surface area contributed by atoms with Gasteiger partial charge in [0, 0.05) is 18.3 Å². The van der Waals surface area contributed by atoms with Crippen molar-refractivity contribution in [1.29, 1.82) is 0 Å². The Balaban J connectivity index is 1.54. The van der Waals surface area contributed by atoms with Crippen LogP contribution in [0.15, 0.2) is 54.6 Å². The zero-order valence-corrected chi connectivity index (χ0v) is 11.8. The second-order valence-corrected chi connectivity index (χ2v) is 5.53. The van der Waals surface area contributed by atoms with E-state index in [9.17, 15) is 0 Å². The molecule has 0 amide bonds. The van der Waals surface area contributed by atoms with Crippen molar-refractivity contribution < 1.29 is 0 Å². The summed E-state index contributed by atoms with van der Waals surface area (Å²) in [5.41, 5.74) is 3.94. The summed E-state index contributed by atoms with van der Waals surface area (Å²) in [6.07, 6.45) is 3.60. The monoisotopic (exact) mass is 266 g/mol. The molecule has 20 heavy (non-hydrogen) atoms. The fourth-order valence-corrected chi connectivity index (χ4v) is 2.74. The zero-order chi connectivity index (χ0) is 13.6. The molecule has 0 aromatic heterocycles. The first-order valence-electron chi connectivity index (χ1n) is 7.50. The van der Waals surface area contributed by atoms with E-state index in [-0.39, 0.29) is 0 Å². The third-order valence-electron chi connectivity index (χ3n) is 3.92. The Morgan fingerprint density at radius 1 is 0.950 bits per heavy atom. The molecule has 1 heterocycles. The van der Waals surface area contributed by atoms with Crippen LogP contribution in [0.3, 0.4) is 0 Å². The van der Waals surface area contributed by atoms with E-state index < -0.39 is 0 Å². The number of hydrogen-bond donors (Lipinski definition) is 2. The van der Waals surface area contributed by atoms with Gasteiger partial charge in [-0.25, -0.2) is 0 Å². The van der Waals surface area contributed by atoms with E-state index >= 15 is 0 Å². The van der Waals surface area contributed by atoms with Gasteiger partial charge in [-0.05, 0) is 49.1 Å². The largest absolute Gasteiger partial charge is 0.383 e. The van der Waals surface area contributed by atoms with Crippen LogP contribution in [0.2, 0.25) is 0 Å². The lowest BCUT2D eigenvalue weighted by Crippen LogP contribution is -2.29. The maximum atomic E-state index is 3.52. The van der Waals surface area contributed by atoms with E-state index in [4.69, 9.17) is 0 Å². The molecule has 1 atom stereocenters. The summed E-state index contributed by atoms with van der Waals surface area (Å²) in [7, 11) is 0. The molecule has 0 saturated carbocycles. The van der Waals surface area contributed by atoms with Crippen molar-refractivity contribution in [2.75, 3.05) is 18.4 Å². The Labute approximate surface area is 121 Å². The SMILES string of the molecule is c1ccc(Cc2ccc(NC[C@H]3CCCN3)cc2)cc1. The summed E-state index contributed by atoms with van der Waals surface area (Å²) in [5.74, 6) is 0. The van der Waals surface area contributed by atoms with Crippen molar-refractivity contribution in [3.8, 4) is 0 Å². The van der Waals surface area contributed by atoms with Gasteiger partial charge in [0.25, 0.3) is 0 Å². The highest BCUT2D eigenvalue weighted by Gasteiger charge is 2.12. The van der Waals surface area contributed by atoms with E-state index in [1.54, 1.807) is 0 Å². The molecule has 0 spiro atoms. The fourth-order valence-electron chi connectivity index (χ4n) is 2.74. The van der Waals surface area contributed by atoms with Crippen LogP contribution in [0.4, 0.5) is 5.69 Å². The van der Waals surface area contributed by atoms with Gasteiger partial charge in [-0.2, -0.15) is 0 Å². The number of nitrogens with one attached hydrogen (secondary N) is 2. The molecule has 0 bridgehead atoms. The van der Waals surface area contributed by atoms with E-state index in [2.05, 4.69) is 65.2 Å². The van der Waals surface area contributed by atoms with Gasteiger partial charge in [-0.3, -0.25) is 0 Å². The molecule has 2 aromatic rings. The Hall–Kier alpha value is -1.80. The van der Waals surface area contributed by atoms with Crippen LogP contribution in [0, 0.1) is 0 Å². The highest BCUT2D eigenvalue weighted by atomic mass is 15.0. The minimum Gasteiger partial charge on any atom is -0.383 e. The summed E-state index contributed by atoms with van der Waals surface area (Å²) in [5, 5.41) is 7.02. The predicted molar refractivity (Wildman–Crippen MR) is 85.2 cm³/mol. The lowest BCUT2D eigenvalue weighted by atomic mass is 10.0. The summed E-state index contributed by atoms with van der Waals surface area (Å²) in [6.45, 7) is 2.19. The molecule has 2 nitrogen and oxygen atoms in total. The minimum atomic E-state index is 0.638. The topological polar surface area (TPSA) is 24.1 Å². The molecule has 1 saturated heterocycles. The van der Waals surface area contributed by atoms with E-state index in [0.717, 1.165) is 13.0 Å². The van der Waals surface area contributed by atoms with Gasteiger partial charge in [0.05, 0.1) is 0 Å². The molecule has 1 fully saturated rings. The van der Waals surface area contributed by atoms with Crippen LogP contribution in [0.25, 0.3) is 0 Å². The molecule has 0 unspecified atom stereocenters. The van der Waals surface area contributed by atoms with Crippen molar-refractivity contribution in [1.82, 2.24) is 5.32 Å². The fraction of sp³-hybridized carbons (Fsp3) is 0.333. The van der Waals surface area contributed by atoms with Crippen molar-refractivity contribution >= 4 is 5.69 Å².